The van der Waals surface area contributed by atoms with Gasteiger partial charge in [0.2, 0.25) is 0 Å². The van der Waals surface area contributed by atoms with Crippen molar-refractivity contribution in [2.24, 2.45) is 41.4 Å². The van der Waals surface area contributed by atoms with Gasteiger partial charge in [-0.2, -0.15) is 0 Å². The number of fused-ring (bicyclic) bond motifs is 6. The molecule has 5 rings (SSSR count). The average Bonchev–Trinajstić information content (AvgIpc) is 3.47. The summed E-state index contributed by atoms with van der Waals surface area (Å²) in [5, 5.41) is 24.0. The van der Waals surface area contributed by atoms with E-state index in [0.29, 0.717) is 12.1 Å². The van der Waals surface area contributed by atoms with Crippen LogP contribution in [0.4, 0.5) is 0 Å². The molecule has 206 valence electrons. The van der Waals surface area contributed by atoms with Gasteiger partial charge in [-0.05, 0) is 42.9 Å². The number of aliphatic hydroxyl groups excluding tert-OH is 1. The number of aromatic amines is 1. The second-order valence-electron chi connectivity index (χ2n) is 11.5. The van der Waals surface area contributed by atoms with Gasteiger partial charge in [0.1, 0.15) is 17.9 Å². The highest BCUT2D eigenvalue weighted by atomic mass is 16.6. The lowest BCUT2D eigenvalue weighted by molar-refractivity contribution is -0.184. The summed E-state index contributed by atoms with van der Waals surface area (Å²) in [4.78, 5) is 28.7. The molecule has 4 aliphatic rings. The molecule has 1 unspecified atom stereocenters. The first-order valence-corrected chi connectivity index (χ1v) is 13.6. The van der Waals surface area contributed by atoms with E-state index in [2.05, 4.69) is 17.6 Å². The Labute approximate surface area is 223 Å². The van der Waals surface area contributed by atoms with Crippen molar-refractivity contribution in [2.75, 3.05) is 7.11 Å². The summed E-state index contributed by atoms with van der Waals surface area (Å²) in [6.07, 6.45) is 7.70. The van der Waals surface area contributed by atoms with Crippen molar-refractivity contribution in [2.45, 2.75) is 63.6 Å². The second kappa shape index (κ2) is 10.1. The van der Waals surface area contributed by atoms with E-state index in [1.54, 1.807) is 24.4 Å². The molecule has 3 aliphatic carbocycles. The molecule has 3 N–H and O–H groups in total. The van der Waals surface area contributed by atoms with Crippen LogP contribution >= 0.6 is 0 Å². The zero-order valence-electron chi connectivity index (χ0n) is 22.4. The van der Waals surface area contributed by atoms with E-state index >= 15 is 0 Å². The van der Waals surface area contributed by atoms with Crippen molar-refractivity contribution in [3.63, 3.8) is 0 Å². The van der Waals surface area contributed by atoms with Gasteiger partial charge in [0, 0.05) is 49.3 Å². The summed E-state index contributed by atoms with van der Waals surface area (Å²) in [7, 11) is 1.48. The Morgan fingerprint density at radius 3 is 2.74 bits per heavy atom. The maximum atomic E-state index is 13.0. The zero-order valence-corrected chi connectivity index (χ0v) is 22.4. The van der Waals surface area contributed by atoms with Crippen molar-refractivity contribution in [3.05, 3.63) is 60.5 Å². The normalized spacial score (nSPS) is 45.4. The van der Waals surface area contributed by atoms with Crippen LogP contribution in [0.25, 0.3) is 0 Å². The van der Waals surface area contributed by atoms with Gasteiger partial charge in [-0.25, -0.2) is 9.59 Å². The Balaban J connectivity index is 1.51. The molecule has 0 amide bonds. The van der Waals surface area contributed by atoms with Crippen LogP contribution < -0.4 is 0 Å². The molecule has 1 aromatic heterocycles. The number of esters is 2. The maximum Gasteiger partial charge on any atom is 0.355 e. The topological polar surface area (TPSA) is 118 Å². The molecule has 0 bridgehead atoms. The van der Waals surface area contributed by atoms with E-state index < -0.39 is 47.9 Å². The van der Waals surface area contributed by atoms with Crippen molar-refractivity contribution >= 4 is 11.9 Å². The predicted molar refractivity (Wildman–Crippen MR) is 140 cm³/mol. The van der Waals surface area contributed by atoms with E-state index in [0.717, 1.165) is 5.57 Å². The summed E-state index contributed by atoms with van der Waals surface area (Å²) in [5.74, 6) is -2.50. The molecule has 2 saturated carbocycles. The number of ether oxygens (including phenoxy) is 3. The lowest BCUT2D eigenvalue weighted by Gasteiger charge is -2.61. The number of carbonyl (C=O) groups excluding carboxylic acids is 2. The van der Waals surface area contributed by atoms with Gasteiger partial charge in [-0.1, -0.05) is 38.2 Å². The Kier molecular flexibility index (Phi) is 7.18. The zero-order chi connectivity index (χ0) is 27.4. The third-order valence-electron chi connectivity index (χ3n) is 9.66. The van der Waals surface area contributed by atoms with Crippen LogP contribution in [0, 0.1) is 41.4 Å². The molecule has 38 heavy (non-hydrogen) atoms. The molecule has 2 fully saturated rings. The van der Waals surface area contributed by atoms with E-state index in [4.69, 9.17) is 14.2 Å². The molecule has 8 nitrogen and oxygen atoms in total. The van der Waals surface area contributed by atoms with Gasteiger partial charge in [0.15, 0.2) is 6.10 Å². The average molecular weight is 526 g/mol. The lowest BCUT2D eigenvalue weighted by Crippen LogP contribution is -2.65. The molecular weight excluding hydrogens is 486 g/mol. The largest absolute Gasteiger partial charge is 0.460 e. The van der Waals surface area contributed by atoms with E-state index in [1.165, 1.54) is 7.11 Å². The van der Waals surface area contributed by atoms with E-state index in [9.17, 15) is 19.8 Å². The quantitative estimate of drug-likeness (QED) is 0.398. The van der Waals surface area contributed by atoms with E-state index in [1.807, 2.05) is 32.9 Å². The van der Waals surface area contributed by atoms with Crippen LogP contribution in [0.3, 0.4) is 0 Å². The fourth-order valence-electron chi connectivity index (χ4n) is 7.67. The Hall–Kier alpha value is -2.68. The number of hydrogen-bond acceptors (Lipinski definition) is 7. The maximum absolute atomic E-state index is 13.0. The first kappa shape index (κ1) is 26.9. The number of allylic oxidation sites excluding steroid dienone is 1. The van der Waals surface area contributed by atoms with Crippen molar-refractivity contribution in [3.8, 4) is 0 Å². The number of aliphatic hydroxyl groups is 2. The Bertz CT molecular complexity index is 1130. The molecule has 0 spiro atoms. The highest BCUT2D eigenvalue weighted by molar-refractivity contribution is 5.87. The smallest absolute Gasteiger partial charge is 0.355 e. The Morgan fingerprint density at radius 1 is 1.32 bits per heavy atom. The SMILES string of the molecule is C=CC[C@H]1OC(=O)[C@@H](OC)C[C@H]2C=C[C@H]3[C@H]4C([C@H]3[C@]2(O)/C(C)=C/[C@H]1C)[C@H](O)[C@@H](C)[C@H]4OC(=O)c1ccc[nH]1. The minimum absolute atomic E-state index is 0.0826. The summed E-state index contributed by atoms with van der Waals surface area (Å²) in [6.45, 7) is 9.61. The van der Waals surface area contributed by atoms with Crippen LogP contribution in [0.15, 0.2) is 54.8 Å². The van der Waals surface area contributed by atoms with Crippen LogP contribution in [0.5, 0.6) is 0 Å². The molecule has 8 heteroatoms. The molecule has 1 aromatic rings. The minimum Gasteiger partial charge on any atom is -0.460 e. The van der Waals surface area contributed by atoms with Crippen LogP contribution in [-0.4, -0.2) is 64.3 Å². The van der Waals surface area contributed by atoms with Crippen molar-refractivity contribution in [1.82, 2.24) is 4.98 Å². The van der Waals surface area contributed by atoms with Crippen molar-refractivity contribution < 1.29 is 34.0 Å². The van der Waals surface area contributed by atoms with Gasteiger partial charge in [-0.3, -0.25) is 0 Å². The monoisotopic (exact) mass is 525 g/mol. The number of aromatic nitrogens is 1. The lowest BCUT2D eigenvalue weighted by atomic mass is 9.46. The number of hydrogen-bond donors (Lipinski definition) is 3. The van der Waals surface area contributed by atoms with Crippen molar-refractivity contribution in [1.29, 1.82) is 0 Å². The fraction of sp³-hybridized carbons (Fsp3) is 0.600. The molecule has 0 aromatic carbocycles. The third kappa shape index (κ3) is 4.08. The number of carbonyl (C=O) groups is 2. The number of cyclic esters (lactones) is 1. The van der Waals surface area contributed by atoms with Gasteiger partial charge in [0.25, 0.3) is 0 Å². The second-order valence-corrected chi connectivity index (χ2v) is 11.5. The standard InChI is InChI=1S/C30H39NO7/c1-6-8-21-15(2)13-16(3)30(35)18(14-22(36-5)29(34)37-21)10-11-19-23-24(25(19)30)26(32)17(4)27(23)38-28(33)20-9-7-12-31-20/h6-7,9-13,15,17-19,21-27,31-32,35H,1,8,14H2,2-5H3/b16-13+/t15-,17-,18-,19+,21-,22+,23+,24?,25+,26-,27-,30+/m1/s1. The summed E-state index contributed by atoms with van der Waals surface area (Å²) in [5.41, 5.74) is -0.141. The molecular formula is C30H39NO7. The predicted octanol–water partition coefficient (Wildman–Crippen LogP) is 3.44. The van der Waals surface area contributed by atoms with Gasteiger partial charge in [-0.15, -0.1) is 6.58 Å². The number of nitrogens with one attached hydrogen (secondary N) is 1. The summed E-state index contributed by atoms with van der Waals surface area (Å²) >= 11 is 0. The van der Waals surface area contributed by atoms with Crippen LogP contribution in [0.2, 0.25) is 0 Å². The molecule has 0 radical (unpaired) electrons. The first-order chi connectivity index (χ1) is 18.1. The highest BCUT2D eigenvalue weighted by Gasteiger charge is 2.71. The highest BCUT2D eigenvalue weighted by Crippen LogP contribution is 2.66. The number of H-pyrrole nitrogens is 1. The van der Waals surface area contributed by atoms with Gasteiger partial charge in [0.05, 0.1) is 11.7 Å². The summed E-state index contributed by atoms with van der Waals surface area (Å²) in [6, 6.07) is 3.41. The molecule has 2 heterocycles. The molecule has 0 saturated heterocycles. The first-order valence-electron chi connectivity index (χ1n) is 13.6. The van der Waals surface area contributed by atoms with Gasteiger partial charge >= 0.3 is 11.9 Å². The molecule has 1 aliphatic heterocycles. The third-order valence-corrected chi connectivity index (χ3v) is 9.66. The van der Waals surface area contributed by atoms with Crippen LogP contribution in [0.1, 0.15) is 44.1 Å². The fourth-order valence-corrected chi connectivity index (χ4v) is 7.67. The summed E-state index contributed by atoms with van der Waals surface area (Å²) < 4.78 is 17.3. The number of rotatable bonds is 5. The van der Waals surface area contributed by atoms with Gasteiger partial charge < -0.3 is 29.4 Å². The van der Waals surface area contributed by atoms with E-state index in [-0.39, 0.29) is 41.9 Å². The molecule has 12 atom stereocenters. The van der Waals surface area contributed by atoms with Crippen LogP contribution in [-0.2, 0) is 19.0 Å². The minimum atomic E-state index is -1.30. The Morgan fingerprint density at radius 2 is 2.08 bits per heavy atom. The number of methoxy groups -OCH3 is 1.